The first-order valence-electron chi connectivity index (χ1n) is 6.20. The first-order chi connectivity index (χ1) is 8.74. The summed E-state index contributed by atoms with van der Waals surface area (Å²) < 4.78 is 5.50. The van der Waals surface area contributed by atoms with Gasteiger partial charge in [-0.2, -0.15) is 0 Å². The van der Waals surface area contributed by atoms with Crippen LogP contribution in [0.25, 0.3) is 0 Å². The molecule has 100 valence electrons. The van der Waals surface area contributed by atoms with Gasteiger partial charge in [-0.1, -0.05) is 0 Å². The van der Waals surface area contributed by atoms with Crippen LogP contribution in [0.2, 0.25) is 0 Å². The highest BCUT2D eigenvalue weighted by molar-refractivity contribution is 5.35. The highest BCUT2D eigenvalue weighted by Crippen LogP contribution is 2.22. The third-order valence-corrected chi connectivity index (χ3v) is 3.05. The molecular weight excluding hydrogens is 232 g/mol. The van der Waals surface area contributed by atoms with Gasteiger partial charge in [-0.05, 0) is 6.92 Å². The average Bonchev–Trinajstić information content (AvgIpc) is 2.39. The molecule has 18 heavy (non-hydrogen) atoms. The van der Waals surface area contributed by atoms with Gasteiger partial charge in [-0.3, -0.25) is 4.90 Å². The zero-order valence-electron chi connectivity index (χ0n) is 10.9. The number of aromatic nitrogens is 2. The van der Waals surface area contributed by atoms with E-state index >= 15 is 0 Å². The lowest BCUT2D eigenvalue weighted by Crippen LogP contribution is -2.41. The van der Waals surface area contributed by atoms with Crippen LogP contribution >= 0.6 is 0 Å². The molecule has 1 unspecified atom stereocenters. The molecule has 1 atom stereocenters. The largest absolute Gasteiger partial charge is 0.395 e. The fourth-order valence-electron chi connectivity index (χ4n) is 2.14. The summed E-state index contributed by atoms with van der Waals surface area (Å²) in [6, 6.07) is 1.93. The number of nitrogens with zero attached hydrogens (tertiary/aromatic N) is 3. The predicted molar refractivity (Wildman–Crippen MR) is 68.5 cm³/mol. The van der Waals surface area contributed by atoms with Crippen LogP contribution in [0.3, 0.4) is 0 Å². The van der Waals surface area contributed by atoms with Crippen LogP contribution < -0.4 is 5.32 Å². The minimum Gasteiger partial charge on any atom is -0.395 e. The molecule has 1 aliphatic rings. The molecule has 0 bridgehead atoms. The van der Waals surface area contributed by atoms with E-state index in [1.165, 1.54) is 0 Å². The predicted octanol–water partition coefficient (Wildman–Crippen LogP) is 0.192. The summed E-state index contributed by atoms with van der Waals surface area (Å²) in [7, 11) is 1.84. The van der Waals surface area contributed by atoms with Gasteiger partial charge in [0.15, 0.2) is 0 Å². The minimum absolute atomic E-state index is 0.0258. The normalized spacial score (nSPS) is 20.9. The molecule has 1 fully saturated rings. The second-order valence-electron chi connectivity index (χ2n) is 4.35. The Kier molecular flexibility index (Phi) is 4.46. The topological polar surface area (TPSA) is 70.5 Å². The molecule has 2 heterocycles. The fourth-order valence-corrected chi connectivity index (χ4v) is 2.14. The summed E-state index contributed by atoms with van der Waals surface area (Å²) in [5, 5.41) is 12.1. The molecule has 1 aromatic rings. The molecule has 2 rings (SSSR count). The Hall–Kier alpha value is -1.24. The van der Waals surface area contributed by atoms with E-state index in [0.717, 1.165) is 23.9 Å². The van der Waals surface area contributed by atoms with Crippen molar-refractivity contribution in [1.29, 1.82) is 0 Å². The van der Waals surface area contributed by atoms with Crippen molar-refractivity contribution in [3.63, 3.8) is 0 Å². The van der Waals surface area contributed by atoms with Gasteiger partial charge < -0.3 is 15.2 Å². The Morgan fingerprint density at radius 2 is 2.39 bits per heavy atom. The highest BCUT2D eigenvalue weighted by atomic mass is 16.5. The second kappa shape index (κ2) is 6.08. The van der Waals surface area contributed by atoms with Crippen LogP contribution in [-0.4, -0.2) is 59.9 Å². The molecule has 0 aromatic carbocycles. The summed E-state index contributed by atoms with van der Waals surface area (Å²) in [6.45, 7) is 4.79. The summed E-state index contributed by atoms with van der Waals surface area (Å²) >= 11 is 0. The molecule has 0 amide bonds. The summed E-state index contributed by atoms with van der Waals surface area (Å²) in [4.78, 5) is 11.1. The third-order valence-electron chi connectivity index (χ3n) is 3.05. The Bertz CT molecular complexity index is 398. The van der Waals surface area contributed by atoms with Crippen LogP contribution in [0.1, 0.15) is 17.6 Å². The lowest BCUT2D eigenvalue weighted by molar-refractivity contribution is -0.0177. The molecule has 0 saturated carbocycles. The maximum Gasteiger partial charge on any atom is 0.150 e. The van der Waals surface area contributed by atoms with Gasteiger partial charge in [0.1, 0.15) is 11.6 Å². The maximum absolute atomic E-state index is 9.10. The summed E-state index contributed by atoms with van der Waals surface area (Å²) in [5.74, 6) is 1.57. The van der Waals surface area contributed by atoms with E-state index in [0.29, 0.717) is 19.8 Å². The van der Waals surface area contributed by atoms with E-state index in [4.69, 9.17) is 9.84 Å². The number of morpholine rings is 1. The minimum atomic E-state index is 0.0258. The molecule has 2 N–H and O–H groups in total. The Balaban J connectivity index is 2.24. The quantitative estimate of drug-likeness (QED) is 0.797. The zero-order valence-corrected chi connectivity index (χ0v) is 10.9. The van der Waals surface area contributed by atoms with E-state index in [9.17, 15) is 0 Å². The number of aryl methyl sites for hydroxylation is 1. The second-order valence-corrected chi connectivity index (χ2v) is 4.35. The number of anilines is 1. The van der Waals surface area contributed by atoms with Gasteiger partial charge in [-0.15, -0.1) is 0 Å². The van der Waals surface area contributed by atoms with Gasteiger partial charge in [0, 0.05) is 31.9 Å². The van der Waals surface area contributed by atoms with Gasteiger partial charge in [0.25, 0.3) is 0 Å². The van der Waals surface area contributed by atoms with Gasteiger partial charge in [-0.25, -0.2) is 9.97 Å². The van der Waals surface area contributed by atoms with E-state index in [-0.39, 0.29) is 12.6 Å². The van der Waals surface area contributed by atoms with Crippen molar-refractivity contribution in [3.8, 4) is 0 Å². The van der Waals surface area contributed by atoms with Gasteiger partial charge in [0.2, 0.25) is 0 Å². The fraction of sp³-hybridized carbons (Fsp3) is 0.667. The van der Waals surface area contributed by atoms with Crippen molar-refractivity contribution in [2.24, 2.45) is 0 Å². The first-order valence-corrected chi connectivity index (χ1v) is 6.20. The Labute approximate surface area is 107 Å². The Morgan fingerprint density at radius 3 is 3.11 bits per heavy atom. The molecule has 1 aromatic heterocycles. The number of rotatable bonds is 4. The van der Waals surface area contributed by atoms with Crippen LogP contribution in [-0.2, 0) is 4.74 Å². The van der Waals surface area contributed by atoms with Crippen molar-refractivity contribution in [2.75, 3.05) is 45.3 Å². The number of β-amino-alcohol motifs (C(OH)–C–C–N with tert-alkyl or cyclic N) is 1. The van der Waals surface area contributed by atoms with Crippen LogP contribution in [0.5, 0.6) is 0 Å². The van der Waals surface area contributed by atoms with Crippen molar-refractivity contribution >= 4 is 5.82 Å². The molecular formula is C12H20N4O2. The van der Waals surface area contributed by atoms with Crippen LogP contribution in [0.15, 0.2) is 6.07 Å². The summed E-state index contributed by atoms with van der Waals surface area (Å²) in [5.41, 5.74) is 0.930. The summed E-state index contributed by atoms with van der Waals surface area (Å²) in [6.07, 6.45) is 0. The number of hydrogen-bond donors (Lipinski definition) is 2. The maximum atomic E-state index is 9.10. The number of aliphatic hydroxyl groups is 1. The molecule has 6 heteroatoms. The zero-order chi connectivity index (χ0) is 13.0. The molecule has 0 spiro atoms. The van der Waals surface area contributed by atoms with Gasteiger partial charge in [0.05, 0.1) is 25.9 Å². The van der Waals surface area contributed by atoms with E-state index in [1.54, 1.807) is 0 Å². The standard InChI is InChI=1S/C12H20N4O2/c1-9-7-11(13-2)15-12(14-9)10-8-18-6-4-16(10)3-5-17/h7,10,17H,3-6,8H2,1-2H3,(H,13,14,15). The average molecular weight is 252 g/mol. The van der Waals surface area contributed by atoms with Crippen molar-refractivity contribution in [1.82, 2.24) is 14.9 Å². The first kappa shape index (κ1) is 13.2. The van der Waals surface area contributed by atoms with Crippen molar-refractivity contribution < 1.29 is 9.84 Å². The molecule has 1 aliphatic heterocycles. The third kappa shape index (κ3) is 2.95. The molecule has 1 saturated heterocycles. The van der Waals surface area contributed by atoms with E-state index in [2.05, 4.69) is 20.2 Å². The Morgan fingerprint density at radius 1 is 1.56 bits per heavy atom. The number of hydrogen-bond acceptors (Lipinski definition) is 6. The highest BCUT2D eigenvalue weighted by Gasteiger charge is 2.26. The number of ether oxygens (including phenoxy) is 1. The molecule has 6 nitrogen and oxygen atoms in total. The molecule has 0 aliphatic carbocycles. The smallest absolute Gasteiger partial charge is 0.150 e. The van der Waals surface area contributed by atoms with Gasteiger partial charge >= 0.3 is 0 Å². The lowest BCUT2D eigenvalue weighted by Gasteiger charge is -2.34. The lowest BCUT2D eigenvalue weighted by atomic mass is 10.2. The van der Waals surface area contributed by atoms with Crippen LogP contribution in [0.4, 0.5) is 5.82 Å². The van der Waals surface area contributed by atoms with Crippen molar-refractivity contribution in [3.05, 3.63) is 17.6 Å². The van der Waals surface area contributed by atoms with E-state index in [1.807, 2.05) is 20.0 Å². The van der Waals surface area contributed by atoms with E-state index < -0.39 is 0 Å². The SMILES string of the molecule is CNc1cc(C)nc(C2COCCN2CCO)n1. The monoisotopic (exact) mass is 252 g/mol. The van der Waals surface area contributed by atoms with Crippen molar-refractivity contribution in [2.45, 2.75) is 13.0 Å². The molecule has 0 radical (unpaired) electrons. The number of aliphatic hydroxyl groups excluding tert-OH is 1. The van der Waals surface area contributed by atoms with Crippen LogP contribution in [0, 0.1) is 6.92 Å². The number of nitrogens with one attached hydrogen (secondary N) is 1.